The highest BCUT2D eigenvalue weighted by Gasteiger charge is 2.16. The van der Waals surface area contributed by atoms with E-state index in [1.807, 2.05) is 25.1 Å². The first-order valence-corrected chi connectivity index (χ1v) is 6.08. The summed E-state index contributed by atoms with van der Waals surface area (Å²) in [4.78, 5) is 17.2. The van der Waals surface area contributed by atoms with E-state index in [1.54, 1.807) is 41.3 Å². The number of anilines is 1. The topological polar surface area (TPSA) is 48.5 Å². The number of carbonyl (C=O) groups is 1. The van der Waals surface area contributed by atoms with Crippen LogP contribution in [0.5, 0.6) is 0 Å². The number of hydrogen-bond acceptors (Lipinski definition) is 2. The summed E-state index contributed by atoms with van der Waals surface area (Å²) in [5, 5.41) is 8.66. The van der Waals surface area contributed by atoms with Gasteiger partial charge in [0.05, 0.1) is 0 Å². The summed E-state index contributed by atoms with van der Waals surface area (Å²) in [6.07, 6.45) is 0. The second kappa shape index (κ2) is 5.78. The molecule has 2 aromatic rings. The van der Waals surface area contributed by atoms with Crippen molar-refractivity contribution >= 4 is 17.3 Å². The average Bonchev–Trinajstić information content (AvgIpc) is 2.49. The van der Waals surface area contributed by atoms with Gasteiger partial charge in [0.15, 0.2) is 4.98 Å². The largest absolute Gasteiger partial charge is 0.385 e. The minimum Gasteiger partial charge on any atom is -0.309 e. The third-order valence-electron chi connectivity index (χ3n) is 2.86. The second-order valence-corrected chi connectivity index (χ2v) is 4.03. The third kappa shape index (κ3) is 2.78. The highest BCUT2D eigenvalue weighted by Crippen LogP contribution is 2.21. The molecule has 0 fully saturated rings. The molecule has 0 aromatic heterocycles. The molecule has 0 spiro atoms. The third-order valence-corrected chi connectivity index (χ3v) is 2.86. The molecule has 0 unspecified atom stereocenters. The summed E-state index contributed by atoms with van der Waals surface area (Å²) in [6, 6.07) is 16.0. The van der Waals surface area contributed by atoms with Gasteiger partial charge in [-0.3, -0.25) is 4.79 Å². The van der Waals surface area contributed by atoms with E-state index < -0.39 is 0 Å². The van der Waals surface area contributed by atoms with Gasteiger partial charge in [0.25, 0.3) is 5.91 Å². The van der Waals surface area contributed by atoms with Crippen LogP contribution in [0.15, 0.2) is 54.6 Å². The normalized spacial score (nSPS) is 9.68. The van der Waals surface area contributed by atoms with Crippen molar-refractivity contribution in [3.8, 4) is 0 Å². The Bertz CT molecular complexity index is 600. The molecule has 2 aromatic carbocycles. The van der Waals surface area contributed by atoms with E-state index in [1.165, 1.54) is 0 Å². The Morgan fingerprint density at radius 3 is 2.26 bits per heavy atom. The Balaban J connectivity index is 2.29. The number of benzene rings is 2. The molecule has 0 N–H and O–H groups in total. The molecule has 0 aliphatic heterocycles. The maximum atomic E-state index is 12.4. The van der Waals surface area contributed by atoms with Crippen LogP contribution in [-0.4, -0.2) is 12.5 Å². The Labute approximate surface area is 111 Å². The van der Waals surface area contributed by atoms with E-state index in [2.05, 4.69) is 4.98 Å². The van der Waals surface area contributed by atoms with Crippen LogP contribution >= 0.6 is 0 Å². The van der Waals surface area contributed by atoms with Crippen molar-refractivity contribution < 1.29 is 4.79 Å². The molecule has 0 saturated heterocycles. The van der Waals surface area contributed by atoms with Gasteiger partial charge in [0.1, 0.15) is 0 Å². The summed E-state index contributed by atoms with van der Waals surface area (Å²) in [5.74, 6) is -0.0446. The lowest BCUT2D eigenvalue weighted by Crippen LogP contribution is -2.30. The molecule has 4 heteroatoms. The van der Waals surface area contributed by atoms with Gasteiger partial charge in [0, 0.05) is 29.9 Å². The van der Waals surface area contributed by atoms with Gasteiger partial charge in [-0.15, -0.1) is 0 Å². The molecule has 0 aliphatic carbocycles. The van der Waals surface area contributed by atoms with E-state index in [0.717, 1.165) is 5.69 Å². The van der Waals surface area contributed by atoms with E-state index in [9.17, 15) is 4.79 Å². The smallest absolute Gasteiger partial charge is 0.309 e. The monoisotopic (exact) mass is 252 g/mol. The van der Waals surface area contributed by atoms with Crippen LogP contribution in [0.4, 0.5) is 11.4 Å². The summed E-state index contributed by atoms with van der Waals surface area (Å²) < 4.78 is 0. The van der Waals surface area contributed by atoms with E-state index in [0.29, 0.717) is 17.8 Å². The van der Waals surface area contributed by atoms with E-state index in [-0.39, 0.29) is 5.91 Å². The quantitative estimate of drug-likeness (QED) is 0.779. The van der Waals surface area contributed by atoms with Gasteiger partial charge in [-0.1, -0.05) is 18.2 Å². The summed E-state index contributed by atoms with van der Waals surface area (Å²) >= 11 is 0. The lowest BCUT2D eigenvalue weighted by molar-refractivity contribution is 0.0988. The fourth-order valence-electron chi connectivity index (χ4n) is 1.88. The average molecular weight is 252 g/mol. The Hall–Kier alpha value is -2.67. The Kier molecular flexibility index (Phi) is 3.89. The van der Waals surface area contributed by atoms with Crippen LogP contribution < -0.4 is 4.90 Å². The summed E-state index contributed by atoms with van der Waals surface area (Å²) in [7, 11) is 0. The van der Waals surface area contributed by atoms with E-state index in [4.69, 9.17) is 5.39 Å². The zero-order valence-electron chi connectivity index (χ0n) is 10.7. The molecule has 0 radical (unpaired) electrons. The molecule has 0 saturated carbocycles. The van der Waals surface area contributed by atoms with Crippen LogP contribution in [0, 0.1) is 5.39 Å². The highest BCUT2D eigenvalue weighted by atomic mass is 16.2. The number of hydrogen-bond donors (Lipinski definition) is 0. The van der Waals surface area contributed by atoms with Crippen molar-refractivity contribution in [1.82, 2.24) is 0 Å². The summed E-state index contributed by atoms with van der Waals surface area (Å²) in [6.45, 7) is 2.49. The predicted octanol–water partition coefficient (Wildman–Crippen LogP) is 3.84. The van der Waals surface area contributed by atoms with Crippen molar-refractivity contribution in [2.75, 3.05) is 11.4 Å². The van der Waals surface area contributed by atoms with Gasteiger partial charge in [0.2, 0.25) is 5.39 Å². The van der Waals surface area contributed by atoms with Crippen LogP contribution in [-0.2, 0) is 0 Å². The summed E-state index contributed by atoms with van der Waals surface area (Å²) in [5.41, 5.74) is 1.90. The van der Waals surface area contributed by atoms with Crippen molar-refractivity contribution in [1.29, 1.82) is 5.39 Å². The molecule has 0 heterocycles. The highest BCUT2D eigenvalue weighted by molar-refractivity contribution is 6.06. The Morgan fingerprint density at radius 1 is 1.11 bits per heavy atom. The molecule has 0 atom stereocenters. The lowest BCUT2D eigenvalue weighted by Gasteiger charge is -2.20. The number of diazo groups is 1. The van der Waals surface area contributed by atoms with Crippen LogP contribution in [0.25, 0.3) is 4.98 Å². The van der Waals surface area contributed by atoms with Gasteiger partial charge in [-0.05, 0) is 31.2 Å². The van der Waals surface area contributed by atoms with Crippen molar-refractivity contribution in [3.63, 3.8) is 0 Å². The lowest BCUT2D eigenvalue weighted by atomic mass is 10.2. The number of rotatable bonds is 3. The molecular formula is C15H14N3O+. The maximum absolute atomic E-state index is 12.4. The number of carbonyl (C=O) groups excluding carboxylic acids is 1. The van der Waals surface area contributed by atoms with Gasteiger partial charge in [-0.2, -0.15) is 0 Å². The molecular weight excluding hydrogens is 238 g/mol. The van der Waals surface area contributed by atoms with Gasteiger partial charge in [-0.25, -0.2) is 0 Å². The minimum absolute atomic E-state index is 0.0446. The van der Waals surface area contributed by atoms with Gasteiger partial charge >= 0.3 is 5.69 Å². The van der Waals surface area contributed by atoms with Crippen molar-refractivity contribution in [3.05, 3.63) is 65.1 Å². The van der Waals surface area contributed by atoms with Gasteiger partial charge < -0.3 is 4.90 Å². The first-order chi connectivity index (χ1) is 9.26. The zero-order valence-corrected chi connectivity index (χ0v) is 10.7. The fraction of sp³-hybridized carbons (Fsp3) is 0.133. The van der Waals surface area contributed by atoms with Crippen LogP contribution in [0.3, 0.4) is 0 Å². The van der Waals surface area contributed by atoms with Crippen LogP contribution in [0.1, 0.15) is 17.3 Å². The predicted molar refractivity (Wildman–Crippen MR) is 75.0 cm³/mol. The first kappa shape index (κ1) is 12.8. The van der Waals surface area contributed by atoms with Crippen molar-refractivity contribution in [2.45, 2.75) is 6.92 Å². The zero-order chi connectivity index (χ0) is 13.7. The fourth-order valence-corrected chi connectivity index (χ4v) is 1.88. The maximum Gasteiger partial charge on any atom is 0.385 e. The molecule has 94 valence electrons. The van der Waals surface area contributed by atoms with E-state index >= 15 is 0 Å². The first-order valence-electron chi connectivity index (χ1n) is 6.08. The Morgan fingerprint density at radius 2 is 1.74 bits per heavy atom. The standard InChI is InChI=1S/C15H14N3O/c1-2-18(14-10-8-13(17-16)9-11-14)15(19)12-6-4-3-5-7-12/h3-11H,2H2,1H3/q+1. The molecule has 1 amide bonds. The number of amides is 1. The molecule has 4 nitrogen and oxygen atoms in total. The van der Waals surface area contributed by atoms with Crippen molar-refractivity contribution in [2.24, 2.45) is 0 Å². The second-order valence-electron chi connectivity index (χ2n) is 4.03. The SMILES string of the molecule is CCN(C(=O)c1ccccc1)c1ccc([N+]#N)cc1. The molecule has 2 rings (SSSR count). The molecule has 0 aliphatic rings. The molecule has 19 heavy (non-hydrogen) atoms. The number of nitrogens with zero attached hydrogens (tertiary/aromatic N) is 3. The van der Waals surface area contributed by atoms with Crippen LogP contribution in [0.2, 0.25) is 0 Å². The molecule has 0 bridgehead atoms. The minimum atomic E-state index is -0.0446.